The number of benzene rings is 2. The summed E-state index contributed by atoms with van der Waals surface area (Å²) in [6.07, 6.45) is 0.699. The van der Waals surface area contributed by atoms with Gasteiger partial charge >= 0.3 is 0 Å². The summed E-state index contributed by atoms with van der Waals surface area (Å²) in [5.41, 5.74) is 1.72. The van der Waals surface area contributed by atoms with E-state index < -0.39 is 10.0 Å². The summed E-state index contributed by atoms with van der Waals surface area (Å²) >= 11 is 5.76. The minimum Gasteiger partial charge on any atom is -0.355 e. The molecule has 1 amide bonds. The van der Waals surface area contributed by atoms with Crippen LogP contribution in [0.4, 0.5) is 0 Å². The summed E-state index contributed by atoms with van der Waals surface area (Å²) in [5, 5.41) is 3.24. The molecule has 24 heavy (non-hydrogen) atoms. The van der Waals surface area contributed by atoms with E-state index in [0.29, 0.717) is 23.6 Å². The first-order chi connectivity index (χ1) is 11.4. The van der Waals surface area contributed by atoms with Crippen LogP contribution in [0.1, 0.15) is 11.1 Å². The van der Waals surface area contributed by atoms with Crippen LogP contribution in [0.2, 0.25) is 5.02 Å². The number of rotatable bonds is 8. The van der Waals surface area contributed by atoms with E-state index >= 15 is 0 Å². The predicted molar refractivity (Wildman–Crippen MR) is 95.2 cm³/mol. The molecule has 0 unspecified atom stereocenters. The van der Waals surface area contributed by atoms with Crippen molar-refractivity contribution < 1.29 is 13.2 Å². The van der Waals surface area contributed by atoms with Crippen LogP contribution in [0.15, 0.2) is 54.6 Å². The minimum atomic E-state index is -3.57. The fourth-order valence-corrected chi connectivity index (χ4v) is 3.29. The summed E-state index contributed by atoms with van der Waals surface area (Å²) in [6, 6.07) is 16.3. The second-order valence-corrected chi connectivity index (χ2v) is 7.54. The van der Waals surface area contributed by atoms with Crippen molar-refractivity contribution in [1.29, 1.82) is 0 Å². The maximum absolute atomic E-state index is 12.0. The molecule has 128 valence electrons. The van der Waals surface area contributed by atoms with Crippen LogP contribution >= 0.6 is 11.6 Å². The van der Waals surface area contributed by atoms with Gasteiger partial charge in [-0.25, -0.2) is 13.1 Å². The number of nitrogens with one attached hydrogen (secondary N) is 2. The Morgan fingerprint density at radius 3 is 2.29 bits per heavy atom. The Hall–Kier alpha value is -1.89. The van der Waals surface area contributed by atoms with Crippen molar-refractivity contribution in [1.82, 2.24) is 10.0 Å². The van der Waals surface area contributed by atoms with Crippen molar-refractivity contribution in [3.05, 3.63) is 70.7 Å². The third kappa shape index (κ3) is 6.70. The maximum atomic E-state index is 12.0. The van der Waals surface area contributed by atoms with Gasteiger partial charge in [0.15, 0.2) is 0 Å². The average Bonchev–Trinajstić information content (AvgIpc) is 2.56. The smallest absolute Gasteiger partial charge is 0.235 e. The Balaban J connectivity index is 1.72. The molecule has 0 aliphatic heterocycles. The van der Waals surface area contributed by atoms with Crippen LogP contribution in [0.3, 0.4) is 0 Å². The third-order valence-corrected chi connectivity index (χ3v) is 4.85. The molecule has 0 aromatic heterocycles. The molecule has 0 spiro atoms. The molecule has 0 bridgehead atoms. The zero-order valence-corrected chi connectivity index (χ0v) is 14.6. The average molecular weight is 367 g/mol. The van der Waals surface area contributed by atoms with Crippen molar-refractivity contribution in [2.75, 3.05) is 13.1 Å². The first-order valence-electron chi connectivity index (χ1n) is 7.47. The van der Waals surface area contributed by atoms with Crippen molar-refractivity contribution in [3.8, 4) is 0 Å². The molecular weight excluding hydrogens is 348 g/mol. The summed E-state index contributed by atoms with van der Waals surface area (Å²) in [7, 11) is -3.57. The Kier molecular flexibility index (Phi) is 6.78. The topological polar surface area (TPSA) is 75.3 Å². The monoisotopic (exact) mass is 366 g/mol. The fraction of sp³-hybridized carbons (Fsp3) is 0.235. The zero-order valence-electron chi connectivity index (χ0n) is 13.0. The summed E-state index contributed by atoms with van der Waals surface area (Å²) < 4.78 is 26.2. The quantitative estimate of drug-likeness (QED) is 0.751. The van der Waals surface area contributed by atoms with Crippen LogP contribution in [0, 0.1) is 0 Å². The highest BCUT2D eigenvalue weighted by Gasteiger charge is 2.13. The molecule has 2 aromatic carbocycles. The molecule has 0 saturated heterocycles. The number of carbonyl (C=O) groups is 1. The summed E-state index contributed by atoms with van der Waals surface area (Å²) in [6.45, 7) is 0.187. The fourth-order valence-electron chi connectivity index (χ4n) is 2.08. The zero-order chi connectivity index (χ0) is 17.4. The van der Waals surface area contributed by atoms with E-state index in [1.807, 2.05) is 30.3 Å². The lowest BCUT2D eigenvalue weighted by molar-refractivity contribution is -0.119. The number of halogens is 1. The second kappa shape index (κ2) is 8.82. The number of carbonyl (C=O) groups excluding carboxylic acids is 1. The summed E-state index contributed by atoms with van der Waals surface area (Å²) in [5.74, 6) is -0.549. The molecule has 7 heteroatoms. The van der Waals surface area contributed by atoms with Crippen molar-refractivity contribution in [2.45, 2.75) is 12.2 Å². The molecule has 5 nitrogen and oxygen atoms in total. The first kappa shape index (κ1) is 18.4. The van der Waals surface area contributed by atoms with Gasteiger partial charge in [0.25, 0.3) is 0 Å². The highest BCUT2D eigenvalue weighted by atomic mass is 35.5. The van der Waals surface area contributed by atoms with E-state index in [-0.39, 0.29) is 18.2 Å². The lowest BCUT2D eigenvalue weighted by Gasteiger charge is -2.08. The number of sulfonamides is 1. The van der Waals surface area contributed by atoms with Crippen molar-refractivity contribution in [2.24, 2.45) is 0 Å². The van der Waals surface area contributed by atoms with E-state index in [2.05, 4.69) is 10.0 Å². The van der Waals surface area contributed by atoms with Gasteiger partial charge in [-0.1, -0.05) is 54.1 Å². The van der Waals surface area contributed by atoms with E-state index in [1.165, 1.54) is 0 Å². The third-order valence-electron chi connectivity index (χ3n) is 3.30. The van der Waals surface area contributed by atoms with Gasteiger partial charge in [-0.3, -0.25) is 4.79 Å². The Morgan fingerprint density at radius 1 is 0.958 bits per heavy atom. The molecule has 0 radical (unpaired) electrons. The van der Waals surface area contributed by atoms with Crippen LogP contribution in [-0.2, 0) is 27.0 Å². The highest BCUT2D eigenvalue weighted by molar-refractivity contribution is 7.88. The predicted octanol–water partition coefficient (Wildman–Crippen LogP) is 2.12. The van der Waals surface area contributed by atoms with Gasteiger partial charge in [-0.2, -0.15) is 0 Å². The Morgan fingerprint density at radius 2 is 1.62 bits per heavy atom. The van der Waals surface area contributed by atoms with Crippen molar-refractivity contribution >= 4 is 27.5 Å². The van der Waals surface area contributed by atoms with Crippen LogP contribution in [0.25, 0.3) is 0 Å². The molecule has 2 aromatic rings. The standard InChI is InChI=1S/C17H19ClN2O3S/c18-16-8-6-15(7-9-16)13-24(22,23)20-12-17(21)19-11-10-14-4-2-1-3-5-14/h1-9,20H,10-13H2,(H,19,21). The van der Waals surface area contributed by atoms with Gasteiger partial charge in [-0.15, -0.1) is 0 Å². The molecule has 0 aliphatic rings. The molecule has 0 atom stereocenters. The van der Waals surface area contributed by atoms with Crippen molar-refractivity contribution in [3.63, 3.8) is 0 Å². The van der Waals surface area contributed by atoms with E-state index in [9.17, 15) is 13.2 Å². The lowest BCUT2D eigenvalue weighted by atomic mass is 10.1. The van der Waals surface area contributed by atoms with Gasteiger partial charge in [0.2, 0.25) is 15.9 Å². The minimum absolute atomic E-state index is 0.193. The van der Waals surface area contributed by atoms with Gasteiger partial charge in [-0.05, 0) is 29.7 Å². The Labute approximate surface area is 147 Å². The highest BCUT2D eigenvalue weighted by Crippen LogP contribution is 2.11. The molecular formula is C17H19ClN2O3S. The first-order valence-corrected chi connectivity index (χ1v) is 9.50. The van der Waals surface area contributed by atoms with Gasteiger partial charge in [0.1, 0.15) is 0 Å². The molecule has 0 saturated carbocycles. The lowest BCUT2D eigenvalue weighted by Crippen LogP contribution is -2.38. The van der Waals surface area contributed by atoms with Crippen LogP contribution in [0.5, 0.6) is 0 Å². The molecule has 2 rings (SSSR count). The molecule has 0 aliphatic carbocycles. The SMILES string of the molecule is O=C(CNS(=O)(=O)Cc1ccc(Cl)cc1)NCCc1ccccc1. The molecule has 0 fully saturated rings. The Bertz CT molecular complexity index is 762. The van der Waals surface area contributed by atoms with Gasteiger partial charge in [0, 0.05) is 11.6 Å². The molecule has 0 heterocycles. The molecule has 2 N–H and O–H groups in total. The maximum Gasteiger partial charge on any atom is 0.235 e. The number of amides is 1. The van der Waals surface area contributed by atoms with E-state index in [4.69, 9.17) is 11.6 Å². The van der Waals surface area contributed by atoms with Gasteiger partial charge in [0.05, 0.1) is 12.3 Å². The van der Waals surface area contributed by atoms with E-state index in [1.54, 1.807) is 24.3 Å². The summed E-state index contributed by atoms with van der Waals surface area (Å²) in [4.78, 5) is 11.7. The normalized spacial score (nSPS) is 11.2. The van der Waals surface area contributed by atoms with Crippen LogP contribution in [-0.4, -0.2) is 27.4 Å². The number of hydrogen-bond donors (Lipinski definition) is 2. The van der Waals surface area contributed by atoms with E-state index in [0.717, 1.165) is 5.56 Å². The van der Waals surface area contributed by atoms with Crippen LogP contribution < -0.4 is 10.0 Å². The van der Waals surface area contributed by atoms with Gasteiger partial charge < -0.3 is 5.32 Å². The largest absolute Gasteiger partial charge is 0.355 e. The number of hydrogen-bond acceptors (Lipinski definition) is 3. The second-order valence-electron chi connectivity index (χ2n) is 5.29.